The smallest absolute Gasteiger partial charge is 0.302 e. The van der Waals surface area contributed by atoms with E-state index in [0.29, 0.717) is 26.4 Å². The van der Waals surface area contributed by atoms with E-state index in [0.717, 1.165) is 19.3 Å². The highest BCUT2D eigenvalue weighted by atomic mass is 16.7. The molecule has 0 aliphatic carbocycles. The number of rotatable bonds is 4. The van der Waals surface area contributed by atoms with Crippen LogP contribution in [-0.4, -0.2) is 51.1 Å². The van der Waals surface area contributed by atoms with Gasteiger partial charge in [0.25, 0.3) is 0 Å². The molecule has 0 aromatic rings. The minimum Gasteiger partial charge on any atom is -0.463 e. The molecule has 0 bridgehead atoms. The topological polar surface area (TPSA) is 63.2 Å². The summed E-state index contributed by atoms with van der Waals surface area (Å²) in [5, 5.41) is 0. The molecule has 2 aliphatic rings. The van der Waals surface area contributed by atoms with E-state index in [-0.39, 0.29) is 30.1 Å². The second-order valence-electron chi connectivity index (χ2n) is 6.25. The summed E-state index contributed by atoms with van der Waals surface area (Å²) < 4.78 is 27.2. The van der Waals surface area contributed by atoms with E-state index in [2.05, 4.69) is 13.8 Å². The summed E-state index contributed by atoms with van der Waals surface area (Å²) in [4.78, 5) is 10.2. The van der Waals surface area contributed by atoms with Crippen LogP contribution < -0.4 is 0 Å². The van der Waals surface area contributed by atoms with Gasteiger partial charge in [-0.05, 0) is 26.2 Å². The number of ether oxygens (including phenoxy) is 5. The summed E-state index contributed by atoms with van der Waals surface area (Å²) in [6.07, 6.45) is 2.68. The fourth-order valence-corrected chi connectivity index (χ4v) is 2.26. The van der Waals surface area contributed by atoms with Gasteiger partial charge in [0.05, 0.1) is 37.9 Å². The molecule has 2 aliphatic heterocycles. The first-order chi connectivity index (χ1) is 10.9. The number of hydrogen-bond donors (Lipinski definition) is 0. The Bertz CT molecular complexity index is 304. The average molecular weight is 332 g/mol. The van der Waals surface area contributed by atoms with E-state index in [9.17, 15) is 4.79 Å². The molecule has 0 saturated carbocycles. The van der Waals surface area contributed by atoms with Crippen molar-refractivity contribution in [3.05, 3.63) is 0 Å². The van der Waals surface area contributed by atoms with Crippen LogP contribution in [0.2, 0.25) is 0 Å². The van der Waals surface area contributed by atoms with Crippen molar-refractivity contribution in [1.82, 2.24) is 0 Å². The van der Waals surface area contributed by atoms with Crippen molar-refractivity contribution < 1.29 is 28.5 Å². The van der Waals surface area contributed by atoms with Gasteiger partial charge in [0.1, 0.15) is 0 Å². The van der Waals surface area contributed by atoms with Crippen LogP contribution in [0.15, 0.2) is 0 Å². The molecular weight excluding hydrogens is 300 g/mol. The zero-order valence-corrected chi connectivity index (χ0v) is 15.1. The maximum Gasteiger partial charge on any atom is 0.302 e. The van der Waals surface area contributed by atoms with Gasteiger partial charge in [-0.25, -0.2) is 0 Å². The van der Waals surface area contributed by atoms with E-state index in [1.54, 1.807) is 0 Å². The summed E-state index contributed by atoms with van der Waals surface area (Å²) in [5.41, 5.74) is -0.0721. The summed E-state index contributed by atoms with van der Waals surface area (Å²) in [5.74, 6) is -0.195. The minimum absolute atomic E-state index is 0.0421. The monoisotopic (exact) mass is 332 g/mol. The Kier molecular flexibility index (Phi) is 9.06. The Morgan fingerprint density at radius 1 is 1.00 bits per heavy atom. The van der Waals surface area contributed by atoms with E-state index in [1.807, 2.05) is 13.8 Å². The normalized spacial score (nSPS) is 31.9. The zero-order chi connectivity index (χ0) is 17.3. The van der Waals surface area contributed by atoms with Gasteiger partial charge in [0.2, 0.25) is 0 Å². The third-order valence-corrected chi connectivity index (χ3v) is 3.91. The van der Waals surface area contributed by atoms with Crippen LogP contribution in [0.25, 0.3) is 0 Å². The van der Waals surface area contributed by atoms with Gasteiger partial charge >= 0.3 is 5.97 Å². The molecule has 1 spiro atoms. The van der Waals surface area contributed by atoms with Gasteiger partial charge in [-0.3, -0.25) is 4.79 Å². The molecule has 6 heteroatoms. The van der Waals surface area contributed by atoms with E-state index in [1.165, 1.54) is 6.92 Å². The fraction of sp³-hybridized carbons (Fsp3) is 0.941. The lowest BCUT2D eigenvalue weighted by atomic mass is 9.90. The Morgan fingerprint density at radius 3 is 1.61 bits per heavy atom. The van der Waals surface area contributed by atoms with Gasteiger partial charge in [-0.2, -0.15) is 0 Å². The van der Waals surface area contributed by atoms with Crippen molar-refractivity contribution in [3.63, 3.8) is 0 Å². The van der Waals surface area contributed by atoms with Crippen LogP contribution in [0.1, 0.15) is 53.9 Å². The van der Waals surface area contributed by atoms with Crippen molar-refractivity contribution in [2.75, 3.05) is 26.4 Å². The lowest BCUT2D eigenvalue weighted by Gasteiger charge is -2.43. The Labute approximate surface area is 139 Å². The lowest BCUT2D eigenvalue weighted by Crippen LogP contribution is -2.52. The summed E-state index contributed by atoms with van der Waals surface area (Å²) in [7, 11) is 0. The van der Waals surface area contributed by atoms with E-state index in [4.69, 9.17) is 23.7 Å². The Hall–Kier alpha value is -0.690. The van der Waals surface area contributed by atoms with Crippen LogP contribution in [0, 0.1) is 5.41 Å². The first kappa shape index (κ1) is 20.4. The van der Waals surface area contributed by atoms with Gasteiger partial charge in [0.15, 0.2) is 12.6 Å². The molecule has 0 N–H and O–H groups in total. The van der Waals surface area contributed by atoms with Crippen LogP contribution in [-0.2, 0) is 28.5 Å². The summed E-state index contributed by atoms with van der Waals surface area (Å²) in [6, 6.07) is 0. The third kappa shape index (κ3) is 7.16. The molecule has 2 fully saturated rings. The second kappa shape index (κ2) is 10.2. The van der Waals surface area contributed by atoms with Gasteiger partial charge in [-0.1, -0.05) is 20.8 Å². The maximum absolute atomic E-state index is 10.2. The van der Waals surface area contributed by atoms with Crippen LogP contribution in [0.3, 0.4) is 0 Å². The zero-order valence-electron chi connectivity index (χ0n) is 15.1. The lowest BCUT2D eigenvalue weighted by molar-refractivity contribution is -0.302. The first-order valence-electron chi connectivity index (χ1n) is 8.58. The van der Waals surface area contributed by atoms with Crippen molar-refractivity contribution in [2.45, 2.75) is 72.6 Å². The van der Waals surface area contributed by atoms with Crippen LogP contribution >= 0.6 is 0 Å². The van der Waals surface area contributed by atoms with Crippen molar-refractivity contribution in [1.29, 1.82) is 0 Å². The van der Waals surface area contributed by atoms with Crippen LogP contribution in [0.4, 0.5) is 0 Å². The maximum atomic E-state index is 10.2. The van der Waals surface area contributed by atoms with Gasteiger partial charge in [0, 0.05) is 6.92 Å². The predicted molar refractivity (Wildman–Crippen MR) is 85.9 cm³/mol. The third-order valence-electron chi connectivity index (χ3n) is 3.91. The van der Waals surface area contributed by atoms with Crippen molar-refractivity contribution in [3.8, 4) is 0 Å². The molecule has 23 heavy (non-hydrogen) atoms. The molecular formula is C17H32O6. The average Bonchev–Trinajstić information content (AvgIpc) is 2.56. The second-order valence-corrected chi connectivity index (χ2v) is 6.25. The number of esters is 1. The molecule has 2 heterocycles. The highest BCUT2D eigenvalue weighted by Crippen LogP contribution is 2.31. The van der Waals surface area contributed by atoms with Crippen LogP contribution in [0.5, 0.6) is 0 Å². The minimum atomic E-state index is -0.195. The Balaban J connectivity index is 0.000000284. The standard InChI is InChI=1S/C11H20O4.C6H12O2/c1-3-9-12-5-11(6-13-9)7-14-10(4-2)15-8-11;1-4-5(2)8-6(3)7/h9-10H,3-8H2,1-2H3;5H,4H2,1-3H3. The van der Waals surface area contributed by atoms with Gasteiger partial charge < -0.3 is 23.7 Å². The molecule has 0 radical (unpaired) electrons. The molecule has 0 amide bonds. The number of carbonyl (C=O) groups is 1. The molecule has 1 unspecified atom stereocenters. The highest BCUT2D eigenvalue weighted by Gasteiger charge is 2.41. The van der Waals surface area contributed by atoms with Crippen molar-refractivity contribution >= 4 is 5.97 Å². The SMILES string of the molecule is CCC(C)OC(C)=O.CCC1OCC2(CO1)COC(CC)OC2. The van der Waals surface area contributed by atoms with Gasteiger partial charge in [-0.15, -0.1) is 0 Å². The largest absolute Gasteiger partial charge is 0.463 e. The fourth-order valence-electron chi connectivity index (χ4n) is 2.26. The molecule has 0 aromatic heterocycles. The number of hydrogen-bond acceptors (Lipinski definition) is 6. The summed E-state index contributed by atoms with van der Waals surface area (Å²) in [6.45, 7) is 12.1. The van der Waals surface area contributed by atoms with E-state index >= 15 is 0 Å². The van der Waals surface area contributed by atoms with Crippen molar-refractivity contribution in [2.24, 2.45) is 5.41 Å². The molecule has 2 rings (SSSR count). The first-order valence-corrected chi connectivity index (χ1v) is 8.58. The molecule has 6 nitrogen and oxygen atoms in total. The number of carbonyl (C=O) groups excluding carboxylic acids is 1. The Morgan fingerprint density at radius 2 is 1.39 bits per heavy atom. The molecule has 1 atom stereocenters. The highest BCUT2D eigenvalue weighted by molar-refractivity contribution is 5.66. The molecule has 2 saturated heterocycles. The molecule has 136 valence electrons. The summed E-state index contributed by atoms with van der Waals surface area (Å²) >= 11 is 0. The quantitative estimate of drug-likeness (QED) is 0.738. The molecule has 0 aromatic carbocycles. The van der Waals surface area contributed by atoms with E-state index < -0.39 is 0 Å². The predicted octanol–water partition coefficient (Wildman–Crippen LogP) is 2.89.